The van der Waals surface area contributed by atoms with Gasteiger partial charge in [0.2, 0.25) is 0 Å². The summed E-state index contributed by atoms with van der Waals surface area (Å²) in [6.45, 7) is 2.88. The van der Waals surface area contributed by atoms with Crippen molar-refractivity contribution in [3.63, 3.8) is 0 Å². The van der Waals surface area contributed by atoms with Crippen molar-refractivity contribution in [2.75, 3.05) is 24.5 Å². The number of benzene rings is 1. The molecule has 0 unspecified atom stereocenters. The average Bonchev–Trinajstić information content (AvgIpc) is 3.10. The van der Waals surface area contributed by atoms with Gasteiger partial charge in [0.25, 0.3) is 5.91 Å². The first kappa shape index (κ1) is 15.1. The van der Waals surface area contributed by atoms with Gasteiger partial charge in [0.05, 0.1) is 5.56 Å². The van der Waals surface area contributed by atoms with E-state index in [0.29, 0.717) is 0 Å². The summed E-state index contributed by atoms with van der Waals surface area (Å²) in [5, 5.41) is 3.10. The first-order chi connectivity index (χ1) is 10.8. The molecule has 0 spiro atoms. The van der Waals surface area contributed by atoms with E-state index in [1.165, 1.54) is 44.1 Å². The van der Waals surface area contributed by atoms with Crippen LogP contribution in [0.2, 0.25) is 0 Å². The van der Waals surface area contributed by atoms with Crippen LogP contribution >= 0.6 is 0 Å². The number of hydrogen-bond donors (Lipinski definition) is 1. The van der Waals surface area contributed by atoms with Crippen LogP contribution in [0.25, 0.3) is 0 Å². The van der Waals surface area contributed by atoms with Crippen LogP contribution in [-0.4, -0.2) is 25.5 Å². The van der Waals surface area contributed by atoms with Crippen LogP contribution in [0.4, 0.5) is 5.69 Å². The topological polar surface area (TPSA) is 32.3 Å². The van der Waals surface area contributed by atoms with E-state index in [4.69, 9.17) is 0 Å². The first-order valence-electron chi connectivity index (χ1n) is 8.65. The monoisotopic (exact) mass is 298 g/mol. The number of allylic oxidation sites excluding steroid dienone is 1. The molecule has 0 radical (unpaired) electrons. The van der Waals surface area contributed by atoms with Crippen molar-refractivity contribution in [3.05, 3.63) is 41.5 Å². The van der Waals surface area contributed by atoms with Gasteiger partial charge in [0.1, 0.15) is 0 Å². The van der Waals surface area contributed by atoms with E-state index in [9.17, 15) is 4.79 Å². The average molecular weight is 298 g/mol. The highest BCUT2D eigenvalue weighted by molar-refractivity contribution is 5.99. The van der Waals surface area contributed by atoms with Gasteiger partial charge in [-0.25, -0.2) is 0 Å². The predicted molar refractivity (Wildman–Crippen MR) is 91.4 cm³/mol. The Bertz CT molecular complexity index is 544. The van der Waals surface area contributed by atoms with Gasteiger partial charge >= 0.3 is 0 Å². The number of anilines is 1. The maximum atomic E-state index is 12.5. The quantitative estimate of drug-likeness (QED) is 0.836. The Morgan fingerprint density at radius 3 is 2.68 bits per heavy atom. The van der Waals surface area contributed by atoms with Crippen molar-refractivity contribution in [1.82, 2.24) is 5.32 Å². The molecule has 1 heterocycles. The highest BCUT2D eigenvalue weighted by atomic mass is 16.1. The fourth-order valence-electron chi connectivity index (χ4n) is 3.46. The molecule has 1 aliphatic carbocycles. The smallest absolute Gasteiger partial charge is 0.253 e. The summed E-state index contributed by atoms with van der Waals surface area (Å²) in [6.07, 6.45) is 10.8. The van der Waals surface area contributed by atoms with Crippen LogP contribution in [0.15, 0.2) is 35.9 Å². The summed E-state index contributed by atoms with van der Waals surface area (Å²) in [5.41, 5.74) is 3.43. The number of carbonyl (C=O) groups excluding carboxylic acids is 1. The van der Waals surface area contributed by atoms with Gasteiger partial charge in [-0.15, -0.1) is 0 Å². The molecule has 2 aliphatic rings. The second-order valence-corrected chi connectivity index (χ2v) is 6.33. The third-order valence-corrected chi connectivity index (χ3v) is 4.71. The molecule has 1 N–H and O–H groups in total. The van der Waals surface area contributed by atoms with Gasteiger partial charge in [-0.3, -0.25) is 4.79 Å². The number of para-hydroxylation sites is 1. The molecule has 3 nitrogen and oxygen atoms in total. The summed E-state index contributed by atoms with van der Waals surface area (Å²) in [4.78, 5) is 14.8. The number of nitrogens with one attached hydrogen (secondary N) is 1. The van der Waals surface area contributed by atoms with Crippen molar-refractivity contribution >= 4 is 11.6 Å². The maximum absolute atomic E-state index is 12.5. The Labute approximate surface area is 133 Å². The summed E-state index contributed by atoms with van der Waals surface area (Å²) in [7, 11) is 0. The van der Waals surface area contributed by atoms with Crippen molar-refractivity contribution < 1.29 is 4.79 Å². The largest absolute Gasteiger partial charge is 0.371 e. The molecule has 1 aliphatic heterocycles. The molecular weight excluding hydrogens is 272 g/mol. The molecule has 1 saturated heterocycles. The zero-order chi connectivity index (χ0) is 15.2. The molecule has 22 heavy (non-hydrogen) atoms. The lowest BCUT2D eigenvalue weighted by Crippen LogP contribution is -2.28. The van der Waals surface area contributed by atoms with E-state index >= 15 is 0 Å². The first-order valence-corrected chi connectivity index (χ1v) is 8.65. The molecular formula is C19H26N2O. The van der Waals surface area contributed by atoms with E-state index in [1.807, 2.05) is 18.2 Å². The van der Waals surface area contributed by atoms with Gasteiger partial charge in [0, 0.05) is 25.3 Å². The number of rotatable bonds is 5. The molecule has 118 valence electrons. The zero-order valence-electron chi connectivity index (χ0n) is 13.3. The minimum Gasteiger partial charge on any atom is -0.371 e. The molecule has 1 aromatic carbocycles. The van der Waals surface area contributed by atoms with Gasteiger partial charge in [-0.2, -0.15) is 0 Å². The summed E-state index contributed by atoms with van der Waals surface area (Å²) < 4.78 is 0. The number of hydrogen-bond acceptors (Lipinski definition) is 2. The molecule has 0 atom stereocenters. The van der Waals surface area contributed by atoms with E-state index in [1.54, 1.807) is 0 Å². The second-order valence-electron chi connectivity index (χ2n) is 6.33. The van der Waals surface area contributed by atoms with Gasteiger partial charge in [-0.1, -0.05) is 23.8 Å². The Morgan fingerprint density at radius 1 is 1.09 bits per heavy atom. The van der Waals surface area contributed by atoms with E-state index in [-0.39, 0.29) is 5.91 Å². The predicted octanol–water partition coefficient (Wildman–Crippen LogP) is 3.91. The van der Waals surface area contributed by atoms with Crippen LogP contribution < -0.4 is 10.2 Å². The van der Waals surface area contributed by atoms with Crippen molar-refractivity contribution in [1.29, 1.82) is 0 Å². The Balaban J connectivity index is 1.58. The molecule has 1 fully saturated rings. The third kappa shape index (κ3) is 3.70. The Hall–Kier alpha value is -1.77. The fourth-order valence-corrected chi connectivity index (χ4v) is 3.46. The standard InChI is InChI=1S/C19H26N2O/c22-19(20-13-12-16-8-2-1-3-9-16)17-10-4-5-11-18(17)21-14-6-7-15-21/h4-5,8,10-11H,1-3,6-7,9,12-15H2,(H,20,22). The number of carbonyl (C=O) groups is 1. The maximum Gasteiger partial charge on any atom is 0.253 e. The van der Waals surface area contributed by atoms with Gasteiger partial charge in [0.15, 0.2) is 0 Å². The minimum absolute atomic E-state index is 0.0684. The highest BCUT2D eigenvalue weighted by Gasteiger charge is 2.18. The zero-order valence-corrected chi connectivity index (χ0v) is 13.3. The number of amides is 1. The lowest BCUT2D eigenvalue weighted by atomic mass is 9.97. The lowest BCUT2D eigenvalue weighted by molar-refractivity contribution is 0.0954. The molecule has 1 aromatic rings. The lowest BCUT2D eigenvalue weighted by Gasteiger charge is -2.21. The highest BCUT2D eigenvalue weighted by Crippen LogP contribution is 2.24. The van der Waals surface area contributed by atoms with Crippen molar-refractivity contribution in [3.8, 4) is 0 Å². The minimum atomic E-state index is 0.0684. The van der Waals surface area contributed by atoms with Crippen LogP contribution in [0.3, 0.4) is 0 Å². The SMILES string of the molecule is O=C(NCCC1=CCCCC1)c1ccccc1N1CCCC1. The van der Waals surface area contributed by atoms with Crippen molar-refractivity contribution in [2.24, 2.45) is 0 Å². The van der Waals surface area contributed by atoms with E-state index in [0.717, 1.165) is 37.3 Å². The van der Waals surface area contributed by atoms with Crippen molar-refractivity contribution in [2.45, 2.75) is 44.9 Å². The molecule has 1 amide bonds. The summed E-state index contributed by atoms with van der Waals surface area (Å²) >= 11 is 0. The Morgan fingerprint density at radius 2 is 1.91 bits per heavy atom. The van der Waals surface area contributed by atoms with Crippen LogP contribution in [-0.2, 0) is 0 Å². The number of nitrogens with zero attached hydrogens (tertiary/aromatic N) is 1. The van der Waals surface area contributed by atoms with E-state index < -0.39 is 0 Å². The summed E-state index contributed by atoms with van der Waals surface area (Å²) in [5.74, 6) is 0.0684. The molecule has 0 bridgehead atoms. The molecule has 3 rings (SSSR count). The van der Waals surface area contributed by atoms with Gasteiger partial charge < -0.3 is 10.2 Å². The Kier molecular flexibility index (Phi) is 5.15. The second kappa shape index (κ2) is 7.48. The third-order valence-electron chi connectivity index (χ3n) is 4.71. The molecule has 0 aromatic heterocycles. The molecule has 0 saturated carbocycles. The van der Waals surface area contributed by atoms with Crippen LogP contribution in [0.1, 0.15) is 55.3 Å². The van der Waals surface area contributed by atoms with E-state index in [2.05, 4.69) is 22.4 Å². The molecule has 3 heteroatoms. The van der Waals surface area contributed by atoms with Crippen LogP contribution in [0, 0.1) is 0 Å². The summed E-state index contributed by atoms with van der Waals surface area (Å²) in [6, 6.07) is 8.00. The fraction of sp³-hybridized carbons (Fsp3) is 0.526. The van der Waals surface area contributed by atoms with Crippen LogP contribution in [0.5, 0.6) is 0 Å². The normalized spacial score (nSPS) is 18.2. The van der Waals surface area contributed by atoms with Gasteiger partial charge in [-0.05, 0) is 57.1 Å².